The van der Waals surface area contributed by atoms with Gasteiger partial charge in [-0.15, -0.1) is 0 Å². The van der Waals surface area contributed by atoms with Crippen molar-refractivity contribution in [3.8, 4) is 0 Å². The van der Waals surface area contributed by atoms with Crippen LogP contribution in [-0.2, 0) is 5.75 Å². The lowest BCUT2D eigenvalue weighted by molar-refractivity contribution is -0.385. The highest BCUT2D eigenvalue weighted by Gasteiger charge is 2.13. The minimum Gasteiger partial charge on any atom is -0.275 e. The molecule has 0 saturated heterocycles. The quantitative estimate of drug-likeness (QED) is 0.380. The van der Waals surface area contributed by atoms with E-state index < -0.39 is 4.92 Å². The second kappa shape index (κ2) is 2.70. The van der Waals surface area contributed by atoms with Crippen LogP contribution < -0.4 is 0 Å². The Morgan fingerprint density at radius 3 is 3.00 bits per heavy atom. The topological polar surface area (TPSA) is 71.8 Å². The number of nitro groups is 1. The smallest absolute Gasteiger partial charge is 0.275 e. The van der Waals surface area contributed by atoms with Crippen molar-refractivity contribution < 1.29 is 4.92 Å². The van der Waals surface area contributed by atoms with Crippen LogP contribution in [-0.4, -0.2) is 15.1 Å². The van der Waals surface area contributed by atoms with Gasteiger partial charge in [-0.2, -0.15) is 17.7 Å². The van der Waals surface area contributed by atoms with E-state index in [1.165, 1.54) is 6.20 Å². The summed E-state index contributed by atoms with van der Waals surface area (Å²) in [5.41, 5.74) is 0.434. The van der Waals surface area contributed by atoms with E-state index in [1.54, 1.807) is 0 Å². The number of thiol groups is 1. The van der Waals surface area contributed by atoms with Crippen molar-refractivity contribution >= 4 is 18.3 Å². The molecule has 1 heterocycles. The fourth-order valence-electron chi connectivity index (χ4n) is 0.580. The molecule has 1 N–H and O–H groups in total. The van der Waals surface area contributed by atoms with Crippen molar-refractivity contribution in [2.75, 3.05) is 0 Å². The predicted molar refractivity (Wildman–Crippen MR) is 37.9 cm³/mol. The summed E-state index contributed by atoms with van der Waals surface area (Å²) in [6.07, 6.45) is 1.17. The summed E-state index contributed by atoms with van der Waals surface area (Å²) in [6.45, 7) is 0. The predicted octanol–water partition coefficient (Wildman–Crippen LogP) is 0.748. The van der Waals surface area contributed by atoms with Crippen molar-refractivity contribution in [3.05, 3.63) is 22.0 Å². The molecule has 0 aliphatic carbocycles. The zero-order valence-electron chi connectivity index (χ0n) is 4.94. The molecule has 6 heteroatoms. The molecule has 0 aromatic carbocycles. The zero-order chi connectivity index (χ0) is 7.56. The number of aromatic amines is 1. The Kier molecular flexibility index (Phi) is 1.91. The van der Waals surface area contributed by atoms with Crippen molar-refractivity contribution in [3.63, 3.8) is 0 Å². The third-order valence-electron chi connectivity index (χ3n) is 1.05. The third-order valence-corrected chi connectivity index (χ3v) is 1.37. The molecule has 0 atom stereocenters. The first kappa shape index (κ1) is 7.07. The van der Waals surface area contributed by atoms with Crippen LogP contribution in [0.15, 0.2) is 6.20 Å². The maximum Gasteiger partial charge on any atom is 0.310 e. The van der Waals surface area contributed by atoms with Crippen LogP contribution in [0, 0.1) is 10.1 Å². The molecule has 0 spiro atoms. The van der Waals surface area contributed by atoms with Crippen LogP contribution in [0.25, 0.3) is 0 Å². The summed E-state index contributed by atoms with van der Waals surface area (Å²) >= 11 is 3.86. The van der Waals surface area contributed by atoms with E-state index in [4.69, 9.17) is 0 Å². The number of nitrogens with zero attached hydrogens (tertiary/aromatic N) is 2. The largest absolute Gasteiger partial charge is 0.310 e. The maximum absolute atomic E-state index is 10.2. The van der Waals surface area contributed by atoms with Gasteiger partial charge in [-0.1, -0.05) is 0 Å². The monoisotopic (exact) mass is 159 g/mol. The molecule has 0 saturated carbocycles. The standard InChI is InChI=1S/C4H5N3O2S/c8-7(9)4-1-5-6-3(4)2-10/h1,10H,2H2,(H,5,6). The number of H-pyrrole nitrogens is 1. The van der Waals surface area contributed by atoms with Gasteiger partial charge in [0, 0.05) is 5.75 Å². The Hall–Kier alpha value is -1.04. The van der Waals surface area contributed by atoms with Crippen LogP contribution in [0.3, 0.4) is 0 Å². The van der Waals surface area contributed by atoms with Crippen molar-refractivity contribution in [2.24, 2.45) is 0 Å². The Morgan fingerprint density at radius 2 is 2.60 bits per heavy atom. The summed E-state index contributed by atoms with van der Waals surface area (Å²) in [6, 6.07) is 0. The van der Waals surface area contributed by atoms with Gasteiger partial charge in [0.2, 0.25) is 0 Å². The number of nitrogens with one attached hydrogen (secondary N) is 1. The van der Waals surface area contributed by atoms with Crippen molar-refractivity contribution in [1.29, 1.82) is 0 Å². The molecule has 0 amide bonds. The number of hydrogen-bond donors (Lipinski definition) is 2. The van der Waals surface area contributed by atoms with E-state index >= 15 is 0 Å². The fourth-order valence-corrected chi connectivity index (χ4v) is 0.813. The average Bonchev–Trinajstić information content (AvgIpc) is 2.33. The van der Waals surface area contributed by atoms with Gasteiger partial charge in [-0.05, 0) is 0 Å². The molecule has 1 aromatic rings. The summed E-state index contributed by atoms with van der Waals surface area (Å²) in [5.74, 6) is 0.302. The van der Waals surface area contributed by atoms with Crippen LogP contribution in [0.2, 0.25) is 0 Å². The Morgan fingerprint density at radius 1 is 1.90 bits per heavy atom. The highest BCUT2D eigenvalue weighted by Crippen LogP contribution is 2.15. The molecule has 0 radical (unpaired) electrons. The van der Waals surface area contributed by atoms with Crippen LogP contribution in [0.5, 0.6) is 0 Å². The first-order valence-electron chi connectivity index (χ1n) is 2.53. The molecule has 0 bridgehead atoms. The molecule has 0 unspecified atom stereocenters. The SMILES string of the molecule is O=[N+]([O-])c1cn[nH]c1CS. The average molecular weight is 159 g/mol. The normalized spacial score (nSPS) is 9.70. The van der Waals surface area contributed by atoms with Gasteiger partial charge in [-0.3, -0.25) is 15.2 Å². The second-order valence-corrected chi connectivity index (χ2v) is 1.97. The van der Waals surface area contributed by atoms with Gasteiger partial charge >= 0.3 is 5.69 Å². The Labute approximate surface area is 62.0 Å². The van der Waals surface area contributed by atoms with E-state index in [9.17, 15) is 10.1 Å². The van der Waals surface area contributed by atoms with E-state index in [0.29, 0.717) is 11.4 Å². The van der Waals surface area contributed by atoms with E-state index in [1.807, 2.05) is 0 Å². The molecule has 5 nitrogen and oxygen atoms in total. The lowest BCUT2D eigenvalue weighted by Gasteiger charge is -1.86. The molecular formula is C4H5N3O2S. The van der Waals surface area contributed by atoms with Crippen molar-refractivity contribution in [2.45, 2.75) is 5.75 Å². The molecule has 0 aliphatic rings. The number of aromatic nitrogens is 2. The molecular weight excluding hydrogens is 154 g/mol. The minimum atomic E-state index is -0.491. The van der Waals surface area contributed by atoms with E-state index in [-0.39, 0.29) is 5.69 Å². The number of hydrogen-bond acceptors (Lipinski definition) is 4. The second-order valence-electron chi connectivity index (χ2n) is 1.65. The van der Waals surface area contributed by atoms with Crippen LogP contribution >= 0.6 is 12.6 Å². The Bertz CT molecular complexity index is 246. The molecule has 54 valence electrons. The van der Waals surface area contributed by atoms with Gasteiger partial charge in [0.25, 0.3) is 0 Å². The third kappa shape index (κ3) is 1.10. The minimum absolute atomic E-state index is 0.00463. The molecule has 1 aromatic heterocycles. The number of rotatable bonds is 2. The molecule has 10 heavy (non-hydrogen) atoms. The van der Waals surface area contributed by atoms with Crippen molar-refractivity contribution in [1.82, 2.24) is 10.2 Å². The van der Waals surface area contributed by atoms with Gasteiger partial charge < -0.3 is 0 Å². The summed E-state index contributed by atoms with van der Waals surface area (Å²) < 4.78 is 0. The van der Waals surface area contributed by atoms with Crippen LogP contribution in [0.4, 0.5) is 5.69 Å². The molecule has 0 aliphatic heterocycles. The summed E-state index contributed by atoms with van der Waals surface area (Å²) in [4.78, 5) is 9.66. The van der Waals surface area contributed by atoms with Gasteiger partial charge in [0.15, 0.2) is 0 Å². The lowest BCUT2D eigenvalue weighted by Crippen LogP contribution is -1.89. The maximum atomic E-state index is 10.2. The lowest BCUT2D eigenvalue weighted by atomic mass is 10.4. The van der Waals surface area contributed by atoms with Gasteiger partial charge in [0.05, 0.1) is 4.92 Å². The highest BCUT2D eigenvalue weighted by atomic mass is 32.1. The summed E-state index contributed by atoms with van der Waals surface area (Å²) in [5, 5.41) is 16.1. The van der Waals surface area contributed by atoms with E-state index in [2.05, 4.69) is 22.8 Å². The summed E-state index contributed by atoms with van der Waals surface area (Å²) in [7, 11) is 0. The first-order chi connectivity index (χ1) is 4.75. The molecule has 0 fully saturated rings. The highest BCUT2D eigenvalue weighted by molar-refractivity contribution is 7.79. The van der Waals surface area contributed by atoms with Gasteiger partial charge in [0.1, 0.15) is 11.9 Å². The first-order valence-corrected chi connectivity index (χ1v) is 3.16. The van der Waals surface area contributed by atoms with E-state index in [0.717, 1.165) is 0 Å². The molecule has 1 rings (SSSR count). The zero-order valence-corrected chi connectivity index (χ0v) is 5.84. The van der Waals surface area contributed by atoms with Crippen LogP contribution in [0.1, 0.15) is 5.69 Å². The Balaban J connectivity index is 3.01. The van der Waals surface area contributed by atoms with Gasteiger partial charge in [-0.25, -0.2) is 0 Å². The fraction of sp³-hybridized carbons (Fsp3) is 0.250.